The highest BCUT2D eigenvalue weighted by molar-refractivity contribution is 6.07. The second-order valence-electron chi connectivity index (χ2n) is 8.79. The first-order valence-electron chi connectivity index (χ1n) is 11.6. The molecular formula is C27H30FN3O2. The second-order valence-corrected chi connectivity index (χ2v) is 8.79. The van der Waals surface area contributed by atoms with Crippen LogP contribution in [0.1, 0.15) is 61.0 Å². The predicted molar refractivity (Wildman–Crippen MR) is 128 cm³/mol. The fourth-order valence-electron chi connectivity index (χ4n) is 5.01. The third-order valence-corrected chi connectivity index (χ3v) is 6.71. The van der Waals surface area contributed by atoms with Crippen LogP contribution in [0, 0.1) is 12.7 Å². The van der Waals surface area contributed by atoms with E-state index < -0.39 is 12.0 Å². The van der Waals surface area contributed by atoms with Crippen molar-refractivity contribution < 1.29 is 14.0 Å². The fraction of sp³-hybridized carbons (Fsp3) is 0.370. The number of hydrogen-bond acceptors (Lipinski definition) is 3. The minimum Gasteiger partial charge on any atom is -0.339 e. The molecule has 0 bridgehead atoms. The number of aliphatic imine (C=N–C) groups is 1. The molecule has 1 N–H and O–H groups in total. The third-order valence-electron chi connectivity index (χ3n) is 6.71. The van der Waals surface area contributed by atoms with Gasteiger partial charge in [-0.25, -0.2) is 4.39 Å². The average Bonchev–Trinajstić information content (AvgIpc) is 3.18. The van der Waals surface area contributed by atoms with E-state index in [4.69, 9.17) is 0 Å². The van der Waals surface area contributed by atoms with Gasteiger partial charge >= 0.3 is 0 Å². The van der Waals surface area contributed by atoms with E-state index in [1.165, 1.54) is 12.1 Å². The molecule has 2 atom stereocenters. The van der Waals surface area contributed by atoms with E-state index in [1.54, 1.807) is 24.3 Å². The van der Waals surface area contributed by atoms with E-state index in [-0.39, 0.29) is 23.7 Å². The number of benzene rings is 2. The maximum absolute atomic E-state index is 14.0. The molecule has 6 heteroatoms. The van der Waals surface area contributed by atoms with Gasteiger partial charge in [0.25, 0.3) is 11.8 Å². The molecule has 172 valence electrons. The number of amides is 2. The summed E-state index contributed by atoms with van der Waals surface area (Å²) < 4.78 is 13.7. The summed E-state index contributed by atoms with van der Waals surface area (Å²) in [5, 5.41) is 3.03. The summed E-state index contributed by atoms with van der Waals surface area (Å²) in [5.41, 5.74) is 4.98. The molecule has 0 radical (unpaired) electrons. The van der Waals surface area contributed by atoms with Crippen LogP contribution in [0.4, 0.5) is 4.39 Å². The van der Waals surface area contributed by atoms with Gasteiger partial charge in [-0.05, 0) is 56.5 Å². The number of aryl methyl sites for hydroxylation is 1. The Morgan fingerprint density at radius 2 is 1.85 bits per heavy atom. The van der Waals surface area contributed by atoms with Gasteiger partial charge in [0.1, 0.15) is 11.9 Å². The second kappa shape index (κ2) is 9.30. The van der Waals surface area contributed by atoms with E-state index in [0.717, 1.165) is 41.0 Å². The van der Waals surface area contributed by atoms with E-state index in [1.807, 2.05) is 30.9 Å². The Morgan fingerprint density at radius 3 is 2.48 bits per heavy atom. The van der Waals surface area contributed by atoms with Crippen molar-refractivity contribution in [3.05, 3.63) is 82.3 Å². The number of hydrogen-bond donors (Lipinski definition) is 1. The molecule has 2 aromatic carbocycles. The van der Waals surface area contributed by atoms with Crippen LogP contribution in [0.25, 0.3) is 0 Å². The van der Waals surface area contributed by atoms with Crippen molar-refractivity contribution in [2.75, 3.05) is 6.54 Å². The SMILES string of the molecule is CCC(CC)N1C(=O)[C@@H](NC(=O)c2cccc(C)c2)[C@@H](c2ccc(F)cc2)C2=C1CN=C2C. The molecule has 0 spiro atoms. The Morgan fingerprint density at radius 1 is 1.15 bits per heavy atom. The minimum atomic E-state index is -0.814. The first kappa shape index (κ1) is 22.9. The monoisotopic (exact) mass is 447 g/mol. The minimum absolute atomic E-state index is 0.0242. The molecule has 0 fully saturated rings. The first-order chi connectivity index (χ1) is 15.8. The summed E-state index contributed by atoms with van der Waals surface area (Å²) in [5.74, 6) is -1.21. The highest BCUT2D eigenvalue weighted by Gasteiger charge is 2.47. The fourth-order valence-corrected chi connectivity index (χ4v) is 5.01. The van der Waals surface area contributed by atoms with Crippen LogP contribution in [0.2, 0.25) is 0 Å². The largest absolute Gasteiger partial charge is 0.339 e. The van der Waals surface area contributed by atoms with E-state index in [9.17, 15) is 14.0 Å². The zero-order valence-corrected chi connectivity index (χ0v) is 19.6. The molecule has 5 nitrogen and oxygen atoms in total. The number of nitrogens with zero attached hydrogens (tertiary/aromatic N) is 2. The quantitative estimate of drug-likeness (QED) is 0.693. The molecule has 33 heavy (non-hydrogen) atoms. The van der Waals surface area contributed by atoms with Crippen LogP contribution in [0.15, 0.2) is 64.8 Å². The highest BCUT2D eigenvalue weighted by atomic mass is 19.1. The summed E-state index contributed by atoms with van der Waals surface area (Å²) in [4.78, 5) is 33.7. The Bertz CT molecular complexity index is 1130. The smallest absolute Gasteiger partial charge is 0.251 e. The molecule has 0 saturated carbocycles. The number of nitrogens with one attached hydrogen (secondary N) is 1. The standard InChI is InChI=1S/C27H30FN3O2/c1-5-21(6-2)31-22-15-29-17(4)23(22)24(18-10-12-20(28)13-11-18)25(27(31)33)30-26(32)19-9-7-8-16(3)14-19/h7-14,21,24-25H,5-6,15H2,1-4H3,(H,30,32)/t24-,25-/m0/s1. The van der Waals surface area contributed by atoms with E-state index >= 15 is 0 Å². The highest BCUT2D eigenvalue weighted by Crippen LogP contribution is 2.41. The third kappa shape index (κ3) is 4.22. The molecule has 2 aliphatic rings. The van der Waals surface area contributed by atoms with Crippen molar-refractivity contribution in [1.82, 2.24) is 10.2 Å². The molecule has 0 aromatic heterocycles. The molecule has 2 aromatic rings. The molecular weight excluding hydrogens is 417 g/mol. The van der Waals surface area contributed by atoms with Gasteiger partial charge in [-0.3, -0.25) is 14.6 Å². The van der Waals surface area contributed by atoms with Gasteiger partial charge in [0, 0.05) is 34.5 Å². The van der Waals surface area contributed by atoms with Crippen molar-refractivity contribution in [3.63, 3.8) is 0 Å². The zero-order chi connectivity index (χ0) is 23.7. The lowest BCUT2D eigenvalue weighted by Crippen LogP contribution is -2.57. The molecule has 0 saturated heterocycles. The predicted octanol–water partition coefficient (Wildman–Crippen LogP) is 4.78. The molecule has 2 heterocycles. The van der Waals surface area contributed by atoms with Gasteiger partial charge in [-0.1, -0.05) is 43.7 Å². The van der Waals surface area contributed by atoms with Crippen molar-refractivity contribution in [2.24, 2.45) is 4.99 Å². The Balaban J connectivity index is 1.83. The summed E-state index contributed by atoms with van der Waals surface area (Å²) >= 11 is 0. The summed E-state index contributed by atoms with van der Waals surface area (Å²) in [6, 6.07) is 12.7. The van der Waals surface area contributed by atoms with Crippen LogP contribution >= 0.6 is 0 Å². The number of halogens is 1. The maximum Gasteiger partial charge on any atom is 0.251 e. The topological polar surface area (TPSA) is 61.8 Å². The van der Waals surface area contributed by atoms with Gasteiger partial charge in [0.05, 0.1) is 6.54 Å². The van der Waals surface area contributed by atoms with Crippen LogP contribution < -0.4 is 5.32 Å². The molecule has 0 unspecified atom stereocenters. The van der Waals surface area contributed by atoms with Gasteiger partial charge in [0.15, 0.2) is 0 Å². The first-order valence-corrected chi connectivity index (χ1v) is 11.6. The summed E-state index contributed by atoms with van der Waals surface area (Å²) in [7, 11) is 0. The maximum atomic E-state index is 14.0. The molecule has 4 rings (SSSR count). The average molecular weight is 448 g/mol. The van der Waals surface area contributed by atoms with E-state index in [2.05, 4.69) is 24.2 Å². The Hall–Kier alpha value is -3.28. The zero-order valence-electron chi connectivity index (χ0n) is 19.6. The Kier molecular flexibility index (Phi) is 6.45. The lowest BCUT2D eigenvalue weighted by atomic mass is 9.78. The lowest BCUT2D eigenvalue weighted by Gasteiger charge is -2.43. The van der Waals surface area contributed by atoms with Crippen molar-refractivity contribution in [2.45, 2.75) is 58.5 Å². The number of rotatable bonds is 6. The normalized spacial score (nSPS) is 20.2. The lowest BCUT2D eigenvalue weighted by molar-refractivity contribution is -0.134. The van der Waals surface area contributed by atoms with Crippen LogP contribution in [-0.2, 0) is 4.79 Å². The summed E-state index contributed by atoms with van der Waals surface area (Å²) in [6.45, 7) is 8.44. The van der Waals surface area contributed by atoms with E-state index in [0.29, 0.717) is 12.1 Å². The molecule has 2 amide bonds. The summed E-state index contributed by atoms with van der Waals surface area (Å²) in [6.07, 6.45) is 1.61. The van der Waals surface area contributed by atoms with Crippen molar-refractivity contribution in [3.8, 4) is 0 Å². The van der Waals surface area contributed by atoms with Crippen LogP contribution in [0.5, 0.6) is 0 Å². The van der Waals surface area contributed by atoms with Crippen molar-refractivity contribution >= 4 is 17.5 Å². The van der Waals surface area contributed by atoms with Gasteiger partial charge in [-0.15, -0.1) is 0 Å². The molecule has 0 aliphatic carbocycles. The van der Waals surface area contributed by atoms with Gasteiger partial charge in [-0.2, -0.15) is 0 Å². The number of carbonyl (C=O) groups excluding carboxylic acids is 2. The van der Waals surface area contributed by atoms with Crippen molar-refractivity contribution in [1.29, 1.82) is 0 Å². The Labute approximate surface area is 194 Å². The molecule has 2 aliphatic heterocycles. The number of carbonyl (C=O) groups is 2. The van der Waals surface area contributed by atoms with Crippen LogP contribution in [0.3, 0.4) is 0 Å². The van der Waals surface area contributed by atoms with Crippen LogP contribution in [-0.4, -0.2) is 41.1 Å². The van der Waals surface area contributed by atoms with Gasteiger partial charge < -0.3 is 10.2 Å². The van der Waals surface area contributed by atoms with Gasteiger partial charge in [0.2, 0.25) is 0 Å².